The van der Waals surface area contributed by atoms with Crippen LogP contribution in [0.3, 0.4) is 0 Å². The number of carbonyl (C=O) groups excluding carboxylic acids is 5. The number of non-ortho nitro benzene ring substituents is 2. The highest BCUT2D eigenvalue weighted by Gasteiger charge is 2.63. The number of nitro benzene ring substituents is 2. The van der Waals surface area contributed by atoms with Gasteiger partial charge in [-0.3, -0.25) is 49.1 Å². The number of hydrogen-bond donors (Lipinski definition) is 3. The van der Waals surface area contributed by atoms with Gasteiger partial charge in [-0.1, -0.05) is 36.4 Å². The molecule has 1 saturated carbocycles. The number of hydrogen-bond acceptors (Lipinski definition) is 16. The second-order valence-electron chi connectivity index (χ2n) is 18.2. The number of fused-ring (bicyclic) bond motifs is 3. The molecule has 2 fully saturated rings. The molecule has 4 aromatic carbocycles. The van der Waals surface area contributed by atoms with Crippen LogP contribution in [0.2, 0.25) is 0 Å². The number of benzene rings is 4. The minimum Gasteiger partial charge on any atom is -0.492 e. The molecule has 3 aliphatic heterocycles. The second kappa shape index (κ2) is 20.7. The standard InChI is InChI=1S/C53H43N5O14S3/c1-28-19-34(70-17-16-54-49(62)30-21-31(57(66)67)23-32(22-30)58(68)69)7-12-38(28)46-39-11-6-33(59)24-42(39)72-43-25-35(8-13-40(43)46)71-45(61)20-29-4-9-36(10-5-29)74-27-41-48(52(64)65)56-50(63)47(51(56)75-53(41)14-15-53)55-44(60)26-37-3-2-18-73-37/h2-13,18-19,21-25,39,46-47,51H,14-17,20,26-27H2,1H3,(H,54,62)(H,55,60)(H,64,65)/t39?,46?,47?,51-/m1/s1. The van der Waals surface area contributed by atoms with E-state index in [1.807, 2.05) is 54.8 Å². The number of β-lactam (4-membered cyclic amide) rings is 1. The summed E-state index contributed by atoms with van der Waals surface area (Å²) in [5.41, 5.74) is 2.46. The number of ether oxygens (including phenoxy) is 3. The summed E-state index contributed by atoms with van der Waals surface area (Å²) in [7, 11) is 0. The molecule has 4 atom stereocenters. The van der Waals surface area contributed by atoms with Gasteiger partial charge in [0, 0.05) is 61.9 Å². The SMILES string of the molecule is Cc1cc(OCCNC(=O)c2cc([N+](=O)[O-])cc([N+](=O)[O-])c2)ccc1C1c2ccc(OC(=O)Cc3ccc(SCC4=C(C(=O)O)N5C(=O)C(NC(=O)Cc6cccs6)[C@H]5SC45CC5)cc3)cc2OC2=CC(=O)C=CC21. The van der Waals surface area contributed by atoms with Crippen molar-refractivity contribution < 1.29 is 57.9 Å². The monoisotopic (exact) mass is 1070 g/mol. The molecule has 3 unspecified atom stereocenters. The van der Waals surface area contributed by atoms with Crippen molar-refractivity contribution in [3.8, 4) is 17.2 Å². The lowest BCUT2D eigenvalue weighted by Gasteiger charge is -2.52. The number of esters is 1. The van der Waals surface area contributed by atoms with Crippen molar-refractivity contribution in [2.45, 2.75) is 59.6 Å². The first kappa shape index (κ1) is 50.5. The van der Waals surface area contributed by atoms with Gasteiger partial charge in [0.25, 0.3) is 23.2 Å². The highest BCUT2D eigenvalue weighted by molar-refractivity contribution is 8.02. The average molecular weight is 1070 g/mol. The smallest absolute Gasteiger partial charge is 0.352 e. The molecule has 0 radical (unpaired) electrons. The Labute approximate surface area is 439 Å². The third kappa shape index (κ3) is 10.5. The van der Waals surface area contributed by atoms with Gasteiger partial charge in [0.05, 0.1) is 40.9 Å². The Hall–Kier alpha value is -8.08. The van der Waals surface area contributed by atoms with Crippen LogP contribution in [0.5, 0.6) is 17.2 Å². The third-order valence-corrected chi connectivity index (χ3v) is 17.0. The van der Waals surface area contributed by atoms with E-state index >= 15 is 0 Å². The van der Waals surface area contributed by atoms with Gasteiger partial charge in [0.1, 0.15) is 46.7 Å². The molecule has 10 rings (SSSR count). The van der Waals surface area contributed by atoms with Gasteiger partial charge in [-0.15, -0.1) is 34.9 Å². The van der Waals surface area contributed by atoms with Gasteiger partial charge in [-0.25, -0.2) is 4.79 Å². The summed E-state index contributed by atoms with van der Waals surface area (Å²) in [6.07, 6.45) is 6.34. The Balaban J connectivity index is 0.759. The molecule has 1 spiro atoms. The Bertz CT molecular complexity index is 3300. The Kier molecular flexibility index (Phi) is 13.9. The molecular weight excluding hydrogens is 1030 g/mol. The summed E-state index contributed by atoms with van der Waals surface area (Å²) in [6, 6.07) is 23.5. The molecule has 22 heteroatoms. The molecule has 4 heterocycles. The molecule has 382 valence electrons. The van der Waals surface area contributed by atoms with Gasteiger partial charge in [0.2, 0.25) is 5.91 Å². The van der Waals surface area contributed by atoms with Crippen molar-refractivity contribution in [2.75, 3.05) is 18.9 Å². The number of nitrogens with one attached hydrogen (secondary N) is 2. The number of amides is 3. The van der Waals surface area contributed by atoms with Crippen LogP contribution in [0.25, 0.3) is 0 Å². The average Bonchev–Trinajstić information content (AvgIpc) is 3.97. The van der Waals surface area contributed by atoms with Crippen LogP contribution in [0.1, 0.15) is 56.2 Å². The van der Waals surface area contributed by atoms with Crippen LogP contribution in [0.15, 0.2) is 137 Å². The van der Waals surface area contributed by atoms with E-state index in [2.05, 4.69) is 10.6 Å². The zero-order valence-electron chi connectivity index (χ0n) is 39.5. The Morgan fingerprint density at radius 3 is 2.33 bits per heavy atom. The minimum absolute atomic E-state index is 0.0106. The molecule has 1 aromatic heterocycles. The molecule has 2 aliphatic carbocycles. The number of thiophene rings is 1. The van der Waals surface area contributed by atoms with E-state index in [1.54, 1.807) is 48.2 Å². The largest absolute Gasteiger partial charge is 0.492 e. The maximum absolute atomic E-state index is 13.4. The van der Waals surface area contributed by atoms with E-state index in [-0.39, 0.29) is 66.5 Å². The fourth-order valence-corrected chi connectivity index (χ4v) is 13.2. The van der Waals surface area contributed by atoms with Crippen LogP contribution < -0.4 is 24.8 Å². The molecular formula is C53H43N5O14S3. The summed E-state index contributed by atoms with van der Waals surface area (Å²) >= 11 is 4.44. The first-order valence-electron chi connectivity index (χ1n) is 23.5. The topological polar surface area (TPSA) is 264 Å². The van der Waals surface area contributed by atoms with E-state index in [9.17, 15) is 54.1 Å². The molecule has 5 aromatic rings. The number of ketones is 1. The number of carbonyl (C=O) groups is 6. The van der Waals surface area contributed by atoms with Gasteiger partial charge in [-0.05, 0) is 89.9 Å². The highest BCUT2D eigenvalue weighted by atomic mass is 32.2. The number of carboxylic acids is 1. The van der Waals surface area contributed by atoms with Crippen LogP contribution in [0.4, 0.5) is 11.4 Å². The number of allylic oxidation sites excluding steroid dienone is 3. The Morgan fingerprint density at radius 1 is 0.920 bits per heavy atom. The highest BCUT2D eigenvalue weighted by Crippen LogP contribution is 2.63. The number of aryl methyl sites for hydroxylation is 1. The second-order valence-corrected chi connectivity index (χ2v) is 21.8. The van der Waals surface area contributed by atoms with Crippen LogP contribution in [0, 0.1) is 33.1 Å². The number of thioether (sulfide) groups is 2. The summed E-state index contributed by atoms with van der Waals surface area (Å²) in [5.74, 6) is -2.21. The third-order valence-electron chi connectivity index (χ3n) is 13.3. The van der Waals surface area contributed by atoms with Crippen molar-refractivity contribution in [3.05, 3.63) is 185 Å². The molecule has 3 amide bonds. The van der Waals surface area contributed by atoms with Crippen molar-refractivity contribution in [3.63, 3.8) is 0 Å². The predicted octanol–water partition coefficient (Wildman–Crippen LogP) is 7.60. The predicted molar refractivity (Wildman–Crippen MR) is 275 cm³/mol. The zero-order valence-corrected chi connectivity index (χ0v) is 42.0. The van der Waals surface area contributed by atoms with Crippen LogP contribution in [-0.2, 0) is 36.8 Å². The van der Waals surface area contributed by atoms with Crippen LogP contribution in [-0.4, -0.2) is 90.4 Å². The number of nitro groups is 2. The fourth-order valence-electron chi connectivity index (χ4n) is 9.59. The molecule has 75 heavy (non-hydrogen) atoms. The summed E-state index contributed by atoms with van der Waals surface area (Å²) < 4.78 is 17.6. The van der Waals surface area contributed by atoms with Crippen LogP contribution >= 0.6 is 34.9 Å². The molecule has 0 bridgehead atoms. The number of carboxylic acid groups (broad SMARTS) is 1. The van der Waals surface area contributed by atoms with Gasteiger partial charge >= 0.3 is 11.9 Å². The summed E-state index contributed by atoms with van der Waals surface area (Å²) in [6.45, 7) is 1.90. The van der Waals surface area contributed by atoms with Gasteiger partial charge < -0.3 is 30.0 Å². The van der Waals surface area contributed by atoms with E-state index in [0.29, 0.717) is 34.1 Å². The first-order chi connectivity index (χ1) is 36.0. The lowest BCUT2D eigenvalue weighted by atomic mass is 9.74. The molecule has 5 aliphatic rings. The first-order valence-corrected chi connectivity index (χ1v) is 26.2. The van der Waals surface area contributed by atoms with Gasteiger partial charge in [0.15, 0.2) is 5.78 Å². The van der Waals surface area contributed by atoms with Crippen molar-refractivity contribution in [2.24, 2.45) is 5.92 Å². The van der Waals surface area contributed by atoms with Gasteiger partial charge in [-0.2, -0.15) is 0 Å². The minimum atomic E-state index is -1.18. The van der Waals surface area contributed by atoms with Crippen molar-refractivity contribution >= 4 is 81.7 Å². The normalized spacial score (nSPS) is 19.6. The number of rotatable bonds is 18. The molecule has 1 saturated heterocycles. The van der Waals surface area contributed by atoms with Crippen molar-refractivity contribution in [1.82, 2.24) is 15.5 Å². The Morgan fingerprint density at radius 2 is 1.65 bits per heavy atom. The number of nitrogens with zero attached hydrogens (tertiary/aromatic N) is 3. The van der Waals surface area contributed by atoms with E-state index in [4.69, 9.17) is 14.2 Å². The lowest BCUT2D eigenvalue weighted by Crippen LogP contribution is -2.71. The summed E-state index contributed by atoms with van der Waals surface area (Å²) in [4.78, 5) is 101. The fraction of sp³-hybridized carbons (Fsp3) is 0.245. The quantitative estimate of drug-likeness (QED) is 0.0145. The maximum Gasteiger partial charge on any atom is 0.352 e. The molecule has 19 nitrogen and oxygen atoms in total. The maximum atomic E-state index is 13.4. The van der Waals surface area contributed by atoms with Crippen molar-refractivity contribution in [1.29, 1.82) is 0 Å². The lowest BCUT2D eigenvalue weighted by molar-refractivity contribution is -0.394. The van der Waals surface area contributed by atoms with E-state index in [0.717, 1.165) is 57.5 Å². The summed E-state index contributed by atoms with van der Waals surface area (Å²) in [5, 5.41) is 39.7. The zero-order chi connectivity index (χ0) is 52.7. The van der Waals surface area contributed by atoms with E-state index < -0.39 is 61.1 Å². The number of aliphatic carboxylic acids is 1. The molecule has 3 N–H and O–H groups in total. The van der Waals surface area contributed by atoms with E-state index in [1.165, 1.54) is 40.2 Å².